The molecule has 4 fully saturated rings. The molecule has 0 aromatic carbocycles. The number of carbonyl (C=O) groups is 2. The Hall–Kier alpha value is -1.20. The summed E-state index contributed by atoms with van der Waals surface area (Å²) in [7, 11) is 0. The topological polar surface area (TPSA) is 72.8 Å². The van der Waals surface area contributed by atoms with Crippen molar-refractivity contribution in [2.24, 2.45) is 50.2 Å². The fourth-order valence-electron chi connectivity index (χ4n) is 10.5. The molecular formula is C32H50O5. The summed E-state index contributed by atoms with van der Waals surface area (Å²) in [6.45, 7) is 16.7. The van der Waals surface area contributed by atoms with Crippen LogP contribution in [0.2, 0.25) is 0 Å². The highest BCUT2D eigenvalue weighted by atomic mass is 16.6. The maximum Gasteiger partial charge on any atom is 0.312 e. The first-order valence-electron chi connectivity index (χ1n) is 14.9. The van der Waals surface area contributed by atoms with Gasteiger partial charge in [-0.2, -0.15) is 0 Å². The van der Waals surface area contributed by atoms with Gasteiger partial charge in [0.25, 0.3) is 0 Å². The van der Waals surface area contributed by atoms with Gasteiger partial charge in [0.15, 0.2) is 6.29 Å². The van der Waals surface area contributed by atoms with Crippen molar-refractivity contribution >= 4 is 12.3 Å². The molecule has 0 bridgehead atoms. The Bertz CT molecular complexity index is 986. The van der Waals surface area contributed by atoms with Gasteiger partial charge in [0.05, 0.1) is 18.6 Å². The number of carbonyl (C=O) groups excluding carboxylic acids is 2. The van der Waals surface area contributed by atoms with Crippen LogP contribution in [0, 0.1) is 50.2 Å². The number of esters is 1. The number of hydrogen-bond donors (Lipinski definition) is 1. The van der Waals surface area contributed by atoms with Crippen molar-refractivity contribution in [3.05, 3.63) is 11.6 Å². The Balaban J connectivity index is 1.61. The third kappa shape index (κ3) is 3.68. The standard InChI is InChI=1S/C32H50O5/c1-8-36-26(35)32-15-13-27(2,3)17-22(32)21-9-10-24-29(5)18-25(34)37-20-28(4,19-33)23(29)11-12-31(24,7)30(21,6)14-16-32/h9,19,22-25,34H,8,10-18,20H2,1-7H3/t22-,23-,24+,25-,28-,29-,30+,31+,32-/m0/s1. The van der Waals surface area contributed by atoms with Crippen LogP contribution in [0.1, 0.15) is 106 Å². The number of ether oxygens (including phenoxy) is 2. The normalized spacial score (nSPS) is 50.8. The van der Waals surface area contributed by atoms with Crippen molar-refractivity contribution in [3.8, 4) is 0 Å². The molecule has 5 rings (SSSR count). The number of aliphatic hydroxyl groups excluding tert-OH is 1. The summed E-state index contributed by atoms with van der Waals surface area (Å²) in [5.74, 6) is 0.768. The van der Waals surface area contributed by atoms with Crippen molar-refractivity contribution < 1.29 is 24.2 Å². The summed E-state index contributed by atoms with van der Waals surface area (Å²) in [6.07, 6.45) is 11.2. The molecule has 0 radical (unpaired) electrons. The van der Waals surface area contributed by atoms with Crippen LogP contribution in [0.5, 0.6) is 0 Å². The van der Waals surface area contributed by atoms with Crippen LogP contribution in [0.15, 0.2) is 11.6 Å². The summed E-state index contributed by atoms with van der Waals surface area (Å²) < 4.78 is 11.6. The predicted molar refractivity (Wildman–Crippen MR) is 143 cm³/mol. The molecule has 1 aliphatic heterocycles. The zero-order valence-corrected chi connectivity index (χ0v) is 24.3. The molecule has 5 heteroatoms. The first kappa shape index (κ1) is 27.4. The molecule has 1 saturated heterocycles. The monoisotopic (exact) mass is 514 g/mol. The summed E-state index contributed by atoms with van der Waals surface area (Å²) >= 11 is 0. The quantitative estimate of drug-likeness (QED) is 0.265. The highest BCUT2D eigenvalue weighted by molar-refractivity contribution is 5.78. The van der Waals surface area contributed by atoms with Crippen LogP contribution >= 0.6 is 0 Å². The van der Waals surface area contributed by atoms with Crippen molar-refractivity contribution in [1.82, 2.24) is 0 Å². The lowest BCUT2D eigenvalue weighted by Gasteiger charge is -2.69. The van der Waals surface area contributed by atoms with E-state index < -0.39 is 17.1 Å². The fourth-order valence-corrected chi connectivity index (χ4v) is 10.5. The van der Waals surface area contributed by atoms with Gasteiger partial charge in [-0.1, -0.05) is 53.2 Å². The lowest BCUT2D eigenvalue weighted by molar-refractivity contribution is -0.185. The first-order valence-corrected chi connectivity index (χ1v) is 14.9. The predicted octanol–water partition coefficient (Wildman–Crippen LogP) is 6.48. The Morgan fingerprint density at radius 3 is 2.43 bits per heavy atom. The van der Waals surface area contributed by atoms with Gasteiger partial charge in [0, 0.05) is 11.8 Å². The van der Waals surface area contributed by atoms with Crippen LogP contribution in [-0.4, -0.2) is 36.9 Å². The molecule has 1 heterocycles. The van der Waals surface area contributed by atoms with E-state index in [0.29, 0.717) is 25.6 Å². The summed E-state index contributed by atoms with van der Waals surface area (Å²) in [5, 5.41) is 10.8. The van der Waals surface area contributed by atoms with E-state index in [-0.39, 0.29) is 39.5 Å². The molecular weight excluding hydrogens is 464 g/mol. The largest absolute Gasteiger partial charge is 0.466 e. The second-order valence-corrected chi connectivity index (χ2v) is 15.2. The van der Waals surface area contributed by atoms with Crippen LogP contribution in [0.25, 0.3) is 0 Å². The Morgan fingerprint density at radius 2 is 1.76 bits per heavy atom. The Morgan fingerprint density at radius 1 is 1.05 bits per heavy atom. The lowest BCUT2D eigenvalue weighted by atomic mass is 9.34. The molecule has 0 aromatic rings. The van der Waals surface area contributed by atoms with Crippen LogP contribution < -0.4 is 0 Å². The van der Waals surface area contributed by atoms with Gasteiger partial charge in [-0.15, -0.1) is 0 Å². The molecule has 37 heavy (non-hydrogen) atoms. The summed E-state index contributed by atoms with van der Waals surface area (Å²) in [5.41, 5.74) is 0.526. The van der Waals surface area contributed by atoms with E-state index in [9.17, 15) is 14.7 Å². The van der Waals surface area contributed by atoms with Crippen LogP contribution in [0.4, 0.5) is 0 Å². The minimum Gasteiger partial charge on any atom is -0.466 e. The van der Waals surface area contributed by atoms with E-state index in [1.54, 1.807) is 0 Å². The molecule has 9 atom stereocenters. The number of aliphatic hydroxyl groups is 1. The maximum atomic E-state index is 13.6. The molecule has 3 saturated carbocycles. The van der Waals surface area contributed by atoms with E-state index in [1.807, 2.05) is 13.8 Å². The molecule has 0 spiro atoms. The van der Waals surface area contributed by atoms with E-state index in [4.69, 9.17) is 9.47 Å². The van der Waals surface area contributed by atoms with E-state index in [1.165, 1.54) is 5.57 Å². The van der Waals surface area contributed by atoms with Crippen molar-refractivity contribution in [2.45, 2.75) is 113 Å². The number of rotatable bonds is 3. The van der Waals surface area contributed by atoms with E-state index >= 15 is 0 Å². The molecule has 0 unspecified atom stereocenters. The third-order valence-electron chi connectivity index (χ3n) is 12.9. The second-order valence-electron chi connectivity index (χ2n) is 15.2. The first-order chi connectivity index (χ1) is 17.2. The molecule has 5 nitrogen and oxygen atoms in total. The highest BCUT2D eigenvalue weighted by Crippen LogP contribution is 2.75. The van der Waals surface area contributed by atoms with Crippen molar-refractivity contribution in [1.29, 1.82) is 0 Å². The lowest BCUT2D eigenvalue weighted by Crippen LogP contribution is -2.63. The average molecular weight is 515 g/mol. The Kier molecular flexibility index (Phi) is 6.40. The molecule has 5 aliphatic rings. The number of fused-ring (bicyclic) bond motifs is 7. The van der Waals surface area contributed by atoms with Crippen LogP contribution in [0.3, 0.4) is 0 Å². The molecule has 0 aromatic heterocycles. The van der Waals surface area contributed by atoms with Gasteiger partial charge in [0.1, 0.15) is 6.29 Å². The molecule has 4 aliphatic carbocycles. The number of allylic oxidation sites excluding steroid dienone is 2. The summed E-state index contributed by atoms with van der Waals surface area (Å²) in [4.78, 5) is 26.0. The fraction of sp³-hybridized carbons (Fsp3) is 0.875. The van der Waals surface area contributed by atoms with Gasteiger partial charge >= 0.3 is 5.97 Å². The van der Waals surface area contributed by atoms with Gasteiger partial charge in [-0.25, -0.2) is 0 Å². The SMILES string of the molecule is CCOC(=O)[C@]12CCC(C)(C)C[C@H]1C1=CC[C@@H]3[C@@]4(C)C[C@@H](O)OC[C@](C)(C=O)[C@@H]4CC[C@@]3(C)[C@]1(C)CC2. The minimum absolute atomic E-state index is 0.0202. The highest BCUT2D eigenvalue weighted by Gasteiger charge is 2.69. The smallest absolute Gasteiger partial charge is 0.312 e. The minimum atomic E-state index is -0.836. The van der Waals surface area contributed by atoms with Crippen molar-refractivity contribution in [2.75, 3.05) is 13.2 Å². The molecule has 0 amide bonds. The molecule has 1 N–H and O–H groups in total. The average Bonchev–Trinajstić information content (AvgIpc) is 2.92. The van der Waals surface area contributed by atoms with Gasteiger partial charge < -0.3 is 19.4 Å². The second kappa shape index (κ2) is 8.65. The summed E-state index contributed by atoms with van der Waals surface area (Å²) in [6, 6.07) is 0. The van der Waals surface area contributed by atoms with E-state index in [0.717, 1.165) is 57.7 Å². The number of aldehydes is 1. The third-order valence-corrected chi connectivity index (χ3v) is 12.9. The Labute approximate surface area is 224 Å². The van der Waals surface area contributed by atoms with Gasteiger partial charge in [-0.05, 0) is 97.7 Å². The zero-order chi connectivity index (χ0) is 27.1. The van der Waals surface area contributed by atoms with E-state index in [2.05, 4.69) is 40.7 Å². The zero-order valence-electron chi connectivity index (χ0n) is 24.3. The maximum absolute atomic E-state index is 13.6. The number of hydrogen-bond acceptors (Lipinski definition) is 5. The van der Waals surface area contributed by atoms with Crippen LogP contribution in [-0.2, 0) is 19.1 Å². The van der Waals surface area contributed by atoms with Gasteiger partial charge in [-0.3, -0.25) is 4.79 Å². The van der Waals surface area contributed by atoms with Crippen molar-refractivity contribution in [3.63, 3.8) is 0 Å². The molecule has 208 valence electrons. The van der Waals surface area contributed by atoms with Gasteiger partial charge in [0.2, 0.25) is 0 Å².